The van der Waals surface area contributed by atoms with E-state index in [9.17, 15) is 4.91 Å². The van der Waals surface area contributed by atoms with Crippen LogP contribution in [-0.4, -0.2) is 5.54 Å². The lowest BCUT2D eigenvalue weighted by Gasteiger charge is -2.43. The summed E-state index contributed by atoms with van der Waals surface area (Å²) in [5.41, 5.74) is 7.20. The number of hydrogen-bond acceptors (Lipinski definition) is 4. The molecular formula is C23H31N3O. The van der Waals surface area contributed by atoms with Crippen LogP contribution in [0.3, 0.4) is 0 Å². The molecule has 144 valence electrons. The van der Waals surface area contributed by atoms with E-state index in [2.05, 4.69) is 35.9 Å². The van der Waals surface area contributed by atoms with E-state index in [-0.39, 0.29) is 11.6 Å². The standard InChI is InChI=1S/C23H31N3O/c1-6-23(13-8-7-9-14-23)25-22-16(3)15(2)21(22)24-20-12-10-11-19(17(20)4)18(5)26-27/h10-12,18,24-25H,2-3,6-9,13-14H2,1,4-5H3. The van der Waals surface area contributed by atoms with Crippen molar-refractivity contribution in [3.05, 3.63) is 69.9 Å². The summed E-state index contributed by atoms with van der Waals surface area (Å²) in [4.78, 5) is 11.0. The molecule has 0 saturated heterocycles. The Morgan fingerprint density at radius 2 is 1.81 bits per heavy atom. The van der Waals surface area contributed by atoms with Crippen molar-refractivity contribution >= 4 is 5.69 Å². The van der Waals surface area contributed by atoms with Crippen LogP contribution in [0.15, 0.2) is 59.1 Å². The zero-order chi connectivity index (χ0) is 19.6. The molecule has 1 aromatic rings. The zero-order valence-corrected chi connectivity index (χ0v) is 16.8. The summed E-state index contributed by atoms with van der Waals surface area (Å²) in [6, 6.07) is 5.60. The van der Waals surface area contributed by atoms with Gasteiger partial charge in [0.2, 0.25) is 0 Å². The van der Waals surface area contributed by atoms with Crippen molar-refractivity contribution in [2.45, 2.75) is 70.9 Å². The zero-order valence-electron chi connectivity index (χ0n) is 16.8. The number of nitroso groups, excluding NO2 is 1. The van der Waals surface area contributed by atoms with Crippen molar-refractivity contribution in [1.82, 2.24) is 5.32 Å². The summed E-state index contributed by atoms with van der Waals surface area (Å²) in [6.45, 7) is 14.5. The van der Waals surface area contributed by atoms with Gasteiger partial charge in [0.1, 0.15) is 6.04 Å². The Morgan fingerprint density at radius 3 is 2.44 bits per heavy atom. The van der Waals surface area contributed by atoms with Crippen LogP contribution in [0.25, 0.3) is 0 Å². The maximum Gasteiger partial charge on any atom is 0.114 e. The molecular weight excluding hydrogens is 334 g/mol. The van der Waals surface area contributed by atoms with Gasteiger partial charge in [-0.05, 0) is 50.3 Å². The Balaban J connectivity index is 1.89. The van der Waals surface area contributed by atoms with E-state index in [4.69, 9.17) is 0 Å². The van der Waals surface area contributed by atoms with E-state index in [0.717, 1.165) is 45.8 Å². The van der Waals surface area contributed by atoms with Crippen LogP contribution >= 0.6 is 0 Å². The summed E-state index contributed by atoms with van der Waals surface area (Å²) in [6.07, 6.45) is 7.41. The molecule has 27 heavy (non-hydrogen) atoms. The van der Waals surface area contributed by atoms with Crippen LogP contribution in [0.1, 0.15) is 69.5 Å². The van der Waals surface area contributed by atoms with Gasteiger partial charge in [-0.15, -0.1) is 0 Å². The molecule has 2 N–H and O–H groups in total. The van der Waals surface area contributed by atoms with E-state index < -0.39 is 0 Å². The normalized spacial score (nSPS) is 20.1. The monoisotopic (exact) mass is 365 g/mol. The van der Waals surface area contributed by atoms with Gasteiger partial charge >= 0.3 is 0 Å². The summed E-state index contributed by atoms with van der Waals surface area (Å²) in [5.74, 6) is 0. The van der Waals surface area contributed by atoms with Crippen molar-refractivity contribution in [1.29, 1.82) is 0 Å². The molecule has 0 spiro atoms. The number of anilines is 1. The molecule has 1 aromatic carbocycles. The summed E-state index contributed by atoms with van der Waals surface area (Å²) >= 11 is 0. The van der Waals surface area contributed by atoms with E-state index in [1.54, 1.807) is 0 Å². The van der Waals surface area contributed by atoms with Crippen molar-refractivity contribution in [2.75, 3.05) is 5.32 Å². The minimum absolute atomic E-state index is 0.164. The maximum atomic E-state index is 11.0. The van der Waals surface area contributed by atoms with E-state index in [0.29, 0.717) is 0 Å². The average molecular weight is 366 g/mol. The lowest BCUT2D eigenvalue weighted by molar-refractivity contribution is 0.241. The van der Waals surface area contributed by atoms with Crippen LogP contribution in [0, 0.1) is 11.8 Å². The smallest absolute Gasteiger partial charge is 0.114 e. The Labute approximate surface area is 162 Å². The van der Waals surface area contributed by atoms with E-state index in [1.807, 2.05) is 32.0 Å². The number of hydrogen-bond donors (Lipinski definition) is 2. The average Bonchev–Trinajstić information content (AvgIpc) is 2.71. The second-order valence-corrected chi connectivity index (χ2v) is 7.95. The predicted octanol–water partition coefficient (Wildman–Crippen LogP) is 6.27. The minimum atomic E-state index is -0.358. The van der Waals surface area contributed by atoms with Gasteiger partial charge in [-0.3, -0.25) is 0 Å². The molecule has 0 heterocycles. The second kappa shape index (κ2) is 7.71. The first-order chi connectivity index (χ1) is 12.9. The van der Waals surface area contributed by atoms with Crippen LogP contribution in [0.4, 0.5) is 5.69 Å². The van der Waals surface area contributed by atoms with Gasteiger partial charge in [-0.2, -0.15) is 4.91 Å². The van der Waals surface area contributed by atoms with E-state index >= 15 is 0 Å². The number of benzene rings is 1. The fourth-order valence-corrected chi connectivity index (χ4v) is 4.31. The van der Waals surface area contributed by atoms with Crippen LogP contribution in [-0.2, 0) is 0 Å². The third-order valence-corrected chi connectivity index (χ3v) is 6.34. The predicted molar refractivity (Wildman–Crippen MR) is 114 cm³/mol. The summed E-state index contributed by atoms with van der Waals surface area (Å²) in [5, 5.41) is 10.5. The maximum absolute atomic E-state index is 11.0. The molecule has 2 aliphatic rings. The van der Waals surface area contributed by atoms with Gasteiger partial charge in [0, 0.05) is 22.4 Å². The molecule has 0 radical (unpaired) electrons. The Kier molecular flexibility index (Phi) is 5.54. The number of rotatable bonds is 7. The summed E-state index contributed by atoms with van der Waals surface area (Å²) < 4.78 is 0. The molecule has 3 rings (SSSR count). The lowest BCUT2D eigenvalue weighted by atomic mass is 9.77. The van der Waals surface area contributed by atoms with Crippen molar-refractivity contribution < 1.29 is 0 Å². The van der Waals surface area contributed by atoms with Crippen molar-refractivity contribution in [3.8, 4) is 0 Å². The van der Waals surface area contributed by atoms with Crippen LogP contribution in [0.2, 0.25) is 0 Å². The highest BCUT2D eigenvalue weighted by atomic mass is 16.3. The number of nitrogens with one attached hydrogen (secondary N) is 2. The van der Waals surface area contributed by atoms with Gasteiger partial charge in [-0.1, -0.05) is 56.7 Å². The SMILES string of the molecule is C=C1C(=C)C(NC2(CC)CCCCC2)=C1Nc1cccc(C(C)N=O)c1C. The summed E-state index contributed by atoms with van der Waals surface area (Å²) in [7, 11) is 0. The fourth-order valence-electron chi connectivity index (χ4n) is 4.31. The molecule has 2 aliphatic carbocycles. The van der Waals surface area contributed by atoms with Crippen molar-refractivity contribution in [2.24, 2.45) is 5.18 Å². The largest absolute Gasteiger partial charge is 0.377 e. The number of allylic oxidation sites excluding steroid dienone is 2. The third kappa shape index (κ3) is 3.58. The molecule has 1 unspecified atom stereocenters. The van der Waals surface area contributed by atoms with Gasteiger partial charge < -0.3 is 10.6 Å². The molecule has 4 heteroatoms. The molecule has 0 aromatic heterocycles. The Hall–Kier alpha value is -2.36. The first-order valence-electron chi connectivity index (χ1n) is 10.0. The van der Waals surface area contributed by atoms with Crippen molar-refractivity contribution in [3.63, 3.8) is 0 Å². The highest BCUT2D eigenvalue weighted by Gasteiger charge is 2.36. The molecule has 4 nitrogen and oxygen atoms in total. The highest BCUT2D eigenvalue weighted by molar-refractivity contribution is 5.74. The first-order valence-corrected chi connectivity index (χ1v) is 10.0. The molecule has 1 saturated carbocycles. The topological polar surface area (TPSA) is 53.5 Å². The highest BCUT2D eigenvalue weighted by Crippen LogP contribution is 2.41. The minimum Gasteiger partial charge on any atom is -0.377 e. The Bertz CT molecular complexity index is 800. The van der Waals surface area contributed by atoms with Gasteiger partial charge in [0.15, 0.2) is 0 Å². The molecule has 1 atom stereocenters. The molecule has 0 bridgehead atoms. The van der Waals surface area contributed by atoms with E-state index in [1.165, 1.54) is 32.1 Å². The quantitative estimate of drug-likeness (QED) is 0.560. The molecule has 0 amide bonds. The van der Waals surface area contributed by atoms with Crippen LogP contribution < -0.4 is 10.6 Å². The lowest BCUT2D eigenvalue weighted by Crippen LogP contribution is -2.48. The first kappa shape index (κ1) is 19.4. The fraction of sp³-hybridized carbons (Fsp3) is 0.478. The number of nitrogens with zero attached hydrogens (tertiary/aromatic N) is 1. The van der Waals surface area contributed by atoms with Gasteiger partial charge in [-0.25, -0.2) is 0 Å². The molecule has 0 aliphatic heterocycles. The van der Waals surface area contributed by atoms with Gasteiger partial charge in [0.25, 0.3) is 0 Å². The third-order valence-electron chi connectivity index (χ3n) is 6.34. The molecule has 1 fully saturated rings. The second-order valence-electron chi connectivity index (χ2n) is 7.95. The van der Waals surface area contributed by atoms with Gasteiger partial charge in [0.05, 0.1) is 11.4 Å². The van der Waals surface area contributed by atoms with Crippen LogP contribution in [0.5, 0.6) is 0 Å². The Morgan fingerprint density at radius 1 is 1.15 bits per heavy atom.